The Bertz CT molecular complexity index is 1700. The van der Waals surface area contributed by atoms with Crippen LogP contribution in [0.2, 0.25) is 0 Å². The first-order valence-corrected chi connectivity index (χ1v) is 13.4. The van der Waals surface area contributed by atoms with Gasteiger partial charge in [-0.15, -0.1) is 0 Å². The highest BCUT2D eigenvalue weighted by Gasteiger charge is 2.26. The molecule has 0 aliphatic heterocycles. The number of fused-ring (bicyclic) bond motifs is 2. The highest BCUT2D eigenvalue weighted by atomic mass is 19.1. The van der Waals surface area contributed by atoms with Crippen molar-refractivity contribution >= 4 is 38.6 Å². The van der Waals surface area contributed by atoms with E-state index in [9.17, 15) is 8.78 Å². The topological polar surface area (TPSA) is 3.24 Å². The van der Waals surface area contributed by atoms with Crippen LogP contribution in [0.4, 0.5) is 34.6 Å². The molecule has 0 atom stereocenters. The monoisotopic (exact) mass is 543 g/mol. The molecule has 0 unspecified atom stereocenters. The lowest BCUT2D eigenvalue weighted by atomic mass is 9.84. The molecule has 5 rings (SSSR count). The quantitative estimate of drug-likeness (QED) is 0.161. The number of benzene rings is 5. The van der Waals surface area contributed by atoms with Gasteiger partial charge in [0.25, 0.3) is 0 Å². The predicted octanol–water partition coefficient (Wildman–Crippen LogP) is 10.9. The zero-order chi connectivity index (χ0) is 29.0. The molecule has 0 aliphatic carbocycles. The molecule has 1 nitrogen and oxygen atoms in total. The molecule has 5 heteroatoms. The first-order chi connectivity index (χ1) is 18.7. The van der Waals surface area contributed by atoms with Gasteiger partial charge in [-0.3, -0.25) is 0 Å². The fraction of sp³-hybridized carbons (Fsp3) is 0.257. The van der Waals surface area contributed by atoms with Crippen molar-refractivity contribution in [1.29, 1.82) is 0 Å². The van der Waals surface area contributed by atoms with E-state index < -0.39 is 29.0 Å². The van der Waals surface area contributed by atoms with Crippen molar-refractivity contribution in [1.82, 2.24) is 0 Å². The van der Waals surface area contributed by atoms with Gasteiger partial charge in [-0.1, -0.05) is 71.9 Å². The molecule has 0 N–H and O–H groups in total. The van der Waals surface area contributed by atoms with Crippen LogP contribution in [0.1, 0.15) is 52.7 Å². The Hall–Kier alpha value is -3.86. The summed E-state index contributed by atoms with van der Waals surface area (Å²) in [5, 5.41) is 3.33. The minimum Gasteiger partial charge on any atom is -0.304 e. The normalized spacial score (nSPS) is 12.3. The van der Waals surface area contributed by atoms with Crippen molar-refractivity contribution in [2.45, 2.75) is 53.4 Å². The summed E-state index contributed by atoms with van der Waals surface area (Å²) in [6.45, 7) is 12.8. The molecule has 0 bridgehead atoms. The smallest absolute Gasteiger partial charge is 0.153 e. The van der Waals surface area contributed by atoms with Crippen LogP contribution >= 0.6 is 0 Å². The summed E-state index contributed by atoms with van der Waals surface area (Å²) in [5.74, 6) is -3.59. The van der Waals surface area contributed by atoms with E-state index in [1.807, 2.05) is 24.3 Å². The Labute approximate surface area is 233 Å². The average Bonchev–Trinajstić information content (AvgIpc) is 2.84. The number of hydrogen-bond acceptors (Lipinski definition) is 1. The molecular weight excluding hydrogens is 510 g/mol. The summed E-state index contributed by atoms with van der Waals surface area (Å²) in [7, 11) is 0. The third kappa shape index (κ3) is 5.42. The Balaban J connectivity index is 1.93. The number of halogens is 4. The summed E-state index contributed by atoms with van der Waals surface area (Å²) in [5.41, 5.74) is 2.52. The predicted molar refractivity (Wildman–Crippen MR) is 158 cm³/mol. The van der Waals surface area contributed by atoms with E-state index in [0.717, 1.165) is 39.1 Å². The second-order valence-electron chi connectivity index (χ2n) is 12.7. The van der Waals surface area contributed by atoms with E-state index in [0.29, 0.717) is 23.5 Å². The molecule has 0 fully saturated rings. The van der Waals surface area contributed by atoms with Crippen LogP contribution in [0.5, 0.6) is 0 Å². The summed E-state index contributed by atoms with van der Waals surface area (Å²) in [6.07, 6.45) is 0.849. The molecule has 206 valence electrons. The van der Waals surface area contributed by atoms with E-state index in [1.165, 1.54) is 29.2 Å². The fourth-order valence-electron chi connectivity index (χ4n) is 5.29. The van der Waals surface area contributed by atoms with Gasteiger partial charge in [-0.2, -0.15) is 0 Å². The minimum atomic E-state index is -1.05. The van der Waals surface area contributed by atoms with Gasteiger partial charge in [-0.25, -0.2) is 17.6 Å². The van der Waals surface area contributed by atoms with Gasteiger partial charge in [0.15, 0.2) is 11.6 Å². The second-order valence-corrected chi connectivity index (χ2v) is 12.7. The average molecular weight is 544 g/mol. The highest BCUT2D eigenvalue weighted by molar-refractivity contribution is 6.14. The van der Waals surface area contributed by atoms with Gasteiger partial charge >= 0.3 is 0 Å². The summed E-state index contributed by atoms with van der Waals surface area (Å²) in [4.78, 5) is 1.45. The molecular formula is C35H33F4N. The van der Waals surface area contributed by atoms with E-state index in [-0.39, 0.29) is 10.8 Å². The Morgan fingerprint density at radius 3 is 1.82 bits per heavy atom. The van der Waals surface area contributed by atoms with Crippen LogP contribution in [-0.2, 0) is 11.8 Å². The summed E-state index contributed by atoms with van der Waals surface area (Å²) < 4.78 is 59.1. The first kappa shape index (κ1) is 27.7. The van der Waals surface area contributed by atoms with Gasteiger partial charge in [0, 0.05) is 28.6 Å². The van der Waals surface area contributed by atoms with E-state index >= 15 is 8.78 Å². The molecule has 0 heterocycles. The summed E-state index contributed by atoms with van der Waals surface area (Å²) in [6, 6.07) is 21.1. The van der Waals surface area contributed by atoms with Gasteiger partial charge in [0.05, 0.1) is 5.69 Å². The van der Waals surface area contributed by atoms with Gasteiger partial charge < -0.3 is 4.90 Å². The molecule has 0 amide bonds. The number of rotatable bonds is 4. The lowest BCUT2D eigenvalue weighted by molar-refractivity contribution is 0.411. The van der Waals surface area contributed by atoms with Crippen LogP contribution in [0.3, 0.4) is 0 Å². The van der Waals surface area contributed by atoms with E-state index in [4.69, 9.17) is 0 Å². The van der Waals surface area contributed by atoms with Crippen molar-refractivity contribution in [2.75, 3.05) is 4.90 Å². The van der Waals surface area contributed by atoms with Crippen LogP contribution in [0.15, 0.2) is 78.9 Å². The van der Waals surface area contributed by atoms with Crippen molar-refractivity contribution < 1.29 is 17.6 Å². The maximum atomic E-state index is 15.5. The standard InChI is InChI=1S/C35H33F4N/c1-34(2,3)20-21-7-14-28-23(15-21)16-22-8-9-24(35(4,5)6)17-29(22)32(28)40(27-12-10-25(36)11-13-27)33-30(38)18-26(37)19-31(33)39/h7-19H,20H2,1-6H3. The summed E-state index contributed by atoms with van der Waals surface area (Å²) >= 11 is 0. The fourth-order valence-corrected chi connectivity index (χ4v) is 5.29. The van der Waals surface area contributed by atoms with Crippen LogP contribution in [0, 0.1) is 28.7 Å². The third-order valence-corrected chi connectivity index (χ3v) is 7.10. The Morgan fingerprint density at radius 1 is 0.575 bits per heavy atom. The first-order valence-electron chi connectivity index (χ1n) is 13.4. The molecule has 40 heavy (non-hydrogen) atoms. The molecule has 5 aromatic rings. The lowest BCUT2D eigenvalue weighted by Gasteiger charge is -2.30. The molecule has 0 aromatic heterocycles. The van der Waals surface area contributed by atoms with Gasteiger partial charge in [0.1, 0.15) is 17.3 Å². The molecule has 0 spiro atoms. The van der Waals surface area contributed by atoms with Crippen LogP contribution < -0.4 is 4.90 Å². The zero-order valence-electron chi connectivity index (χ0n) is 23.7. The Kier molecular flexibility index (Phi) is 6.89. The van der Waals surface area contributed by atoms with Crippen molar-refractivity contribution in [3.05, 3.63) is 113 Å². The largest absolute Gasteiger partial charge is 0.304 e. The molecule has 0 saturated heterocycles. The van der Waals surface area contributed by atoms with Gasteiger partial charge in [0.2, 0.25) is 0 Å². The van der Waals surface area contributed by atoms with Crippen molar-refractivity contribution in [3.8, 4) is 0 Å². The minimum absolute atomic E-state index is 0.0650. The highest BCUT2D eigenvalue weighted by Crippen LogP contribution is 2.46. The zero-order valence-corrected chi connectivity index (χ0v) is 23.7. The molecule has 5 aromatic carbocycles. The van der Waals surface area contributed by atoms with E-state index in [1.54, 1.807) is 0 Å². The maximum absolute atomic E-state index is 15.5. The van der Waals surface area contributed by atoms with Gasteiger partial charge in [-0.05, 0) is 75.5 Å². The van der Waals surface area contributed by atoms with Crippen molar-refractivity contribution in [3.63, 3.8) is 0 Å². The third-order valence-electron chi connectivity index (χ3n) is 7.10. The number of nitrogens with zero attached hydrogens (tertiary/aromatic N) is 1. The molecule has 0 saturated carbocycles. The van der Waals surface area contributed by atoms with Crippen LogP contribution in [0.25, 0.3) is 21.5 Å². The van der Waals surface area contributed by atoms with Crippen LogP contribution in [-0.4, -0.2) is 0 Å². The molecule has 0 aliphatic rings. The number of anilines is 3. The molecule has 0 radical (unpaired) electrons. The van der Waals surface area contributed by atoms with Crippen molar-refractivity contribution in [2.24, 2.45) is 5.41 Å². The lowest BCUT2D eigenvalue weighted by Crippen LogP contribution is -2.16. The SMILES string of the molecule is CC(C)(C)Cc1ccc2c(N(c3ccc(F)cc3)c3c(F)cc(F)cc3F)c3cc(C(C)(C)C)ccc3cc2c1. The maximum Gasteiger partial charge on any atom is 0.153 e. The number of hydrogen-bond donors (Lipinski definition) is 0. The van der Waals surface area contributed by atoms with E-state index in [2.05, 4.69) is 59.7 Å². The second kappa shape index (κ2) is 9.96. The Morgan fingerprint density at radius 2 is 1.23 bits per heavy atom.